The second-order valence-corrected chi connectivity index (χ2v) is 5.16. The number of halogens is 1. The van der Waals surface area contributed by atoms with Crippen molar-refractivity contribution in [1.29, 1.82) is 0 Å². The van der Waals surface area contributed by atoms with Gasteiger partial charge in [0, 0.05) is 31.3 Å². The van der Waals surface area contributed by atoms with Crippen LogP contribution in [0.2, 0.25) is 0 Å². The fourth-order valence-electron chi connectivity index (χ4n) is 2.04. The van der Waals surface area contributed by atoms with Crippen LogP contribution in [0.1, 0.15) is 11.3 Å². The molecule has 1 aromatic rings. The number of methoxy groups -OCH3 is 1. The molecule has 1 unspecified atom stereocenters. The lowest BCUT2D eigenvalue weighted by Crippen LogP contribution is -2.20. The molecule has 0 aromatic carbocycles. The molecule has 0 radical (unpaired) electrons. The zero-order valence-corrected chi connectivity index (χ0v) is 11.0. The van der Waals surface area contributed by atoms with Gasteiger partial charge in [-0.25, -0.2) is 4.98 Å². The number of hydrogen-bond donors (Lipinski definition) is 1. The Balaban J connectivity index is 0.00000128. The maximum absolute atomic E-state index is 5.60. The SMILES string of the molecule is COCC1CCN(Cc2cnc(N)s2)C1.Cl. The van der Waals surface area contributed by atoms with Gasteiger partial charge in [-0.1, -0.05) is 0 Å². The highest BCUT2D eigenvalue weighted by Gasteiger charge is 2.22. The first-order chi connectivity index (χ1) is 7.28. The highest BCUT2D eigenvalue weighted by atomic mass is 35.5. The number of thiazole rings is 1. The van der Waals surface area contributed by atoms with Crippen LogP contribution in [0.3, 0.4) is 0 Å². The molecular formula is C10H18ClN3OS. The summed E-state index contributed by atoms with van der Waals surface area (Å²) >= 11 is 1.58. The minimum atomic E-state index is 0. The average molecular weight is 264 g/mol. The van der Waals surface area contributed by atoms with Gasteiger partial charge in [-0.15, -0.1) is 23.7 Å². The van der Waals surface area contributed by atoms with Crippen molar-refractivity contribution >= 4 is 28.9 Å². The van der Waals surface area contributed by atoms with Crippen molar-refractivity contribution in [3.05, 3.63) is 11.1 Å². The van der Waals surface area contributed by atoms with Crippen molar-refractivity contribution in [3.8, 4) is 0 Å². The summed E-state index contributed by atoms with van der Waals surface area (Å²) in [5.74, 6) is 0.695. The molecule has 1 fully saturated rings. The molecular weight excluding hydrogens is 246 g/mol. The van der Waals surface area contributed by atoms with Crippen LogP contribution in [0.15, 0.2) is 6.20 Å². The third-order valence-electron chi connectivity index (χ3n) is 2.72. The zero-order chi connectivity index (χ0) is 10.7. The van der Waals surface area contributed by atoms with Gasteiger partial charge in [0.2, 0.25) is 0 Å². The first-order valence-corrected chi connectivity index (χ1v) is 6.01. The van der Waals surface area contributed by atoms with E-state index in [4.69, 9.17) is 10.5 Å². The van der Waals surface area contributed by atoms with Crippen molar-refractivity contribution in [2.75, 3.05) is 32.5 Å². The number of nitrogens with zero attached hydrogens (tertiary/aromatic N) is 2. The van der Waals surface area contributed by atoms with E-state index in [0.717, 1.165) is 26.2 Å². The molecule has 0 spiro atoms. The third kappa shape index (κ3) is 3.59. The molecule has 0 amide bonds. The lowest BCUT2D eigenvalue weighted by atomic mass is 10.1. The Bertz CT molecular complexity index is 321. The van der Waals surface area contributed by atoms with Crippen molar-refractivity contribution in [3.63, 3.8) is 0 Å². The van der Waals surface area contributed by atoms with Crippen LogP contribution < -0.4 is 5.73 Å². The summed E-state index contributed by atoms with van der Waals surface area (Å²) in [4.78, 5) is 7.76. The van der Waals surface area contributed by atoms with E-state index in [9.17, 15) is 0 Å². The molecule has 2 N–H and O–H groups in total. The van der Waals surface area contributed by atoms with Crippen LogP contribution in [-0.2, 0) is 11.3 Å². The molecule has 0 aliphatic carbocycles. The van der Waals surface area contributed by atoms with Gasteiger partial charge in [-0.3, -0.25) is 4.90 Å². The van der Waals surface area contributed by atoms with Crippen LogP contribution in [-0.4, -0.2) is 36.7 Å². The second-order valence-electron chi connectivity index (χ2n) is 4.01. The molecule has 92 valence electrons. The van der Waals surface area contributed by atoms with Gasteiger partial charge in [0.25, 0.3) is 0 Å². The molecule has 2 heterocycles. The number of nitrogens with two attached hydrogens (primary N) is 1. The van der Waals surface area contributed by atoms with Crippen LogP contribution in [0.25, 0.3) is 0 Å². The molecule has 1 aromatic heterocycles. The van der Waals surface area contributed by atoms with Crippen molar-refractivity contribution in [2.24, 2.45) is 5.92 Å². The summed E-state index contributed by atoms with van der Waals surface area (Å²) in [6, 6.07) is 0. The van der Waals surface area contributed by atoms with Gasteiger partial charge < -0.3 is 10.5 Å². The fraction of sp³-hybridized carbons (Fsp3) is 0.700. The second kappa shape index (κ2) is 6.39. The van der Waals surface area contributed by atoms with E-state index in [0.29, 0.717) is 11.0 Å². The molecule has 4 nitrogen and oxygen atoms in total. The molecule has 0 saturated carbocycles. The van der Waals surface area contributed by atoms with E-state index in [1.165, 1.54) is 11.3 Å². The minimum absolute atomic E-state index is 0. The largest absolute Gasteiger partial charge is 0.384 e. The van der Waals surface area contributed by atoms with Gasteiger partial charge in [0.05, 0.1) is 6.61 Å². The van der Waals surface area contributed by atoms with E-state index in [2.05, 4.69) is 9.88 Å². The predicted octanol–water partition coefficient (Wildman–Crippen LogP) is 1.62. The molecule has 16 heavy (non-hydrogen) atoms. The Morgan fingerprint density at radius 3 is 3.12 bits per heavy atom. The third-order valence-corrected chi connectivity index (χ3v) is 3.53. The lowest BCUT2D eigenvalue weighted by molar-refractivity contribution is 0.153. The number of nitrogen functional groups attached to an aromatic ring is 1. The maximum atomic E-state index is 5.60. The standard InChI is InChI=1S/C10H17N3OS.ClH/c1-14-7-8-2-3-13(5-8)6-9-4-12-10(11)15-9;/h4,8H,2-3,5-7H2,1H3,(H2,11,12);1H. The number of hydrogen-bond acceptors (Lipinski definition) is 5. The van der Waals surface area contributed by atoms with E-state index in [-0.39, 0.29) is 12.4 Å². The maximum Gasteiger partial charge on any atom is 0.180 e. The predicted molar refractivity (Wildman–Crippen MR) is 69.0 cm³/mol. The number of likely N-dealkylation sites (tertiary alicyclic amines) is 1. The molecule has 6 heteroatoms. The summed E-state index contributed by atoms with van der Waals surface area (Å²) < 4.78 is 5.17. The molecule has 2 rings (SSSR count). The fourth-order valence-corrected chi connectivity index (χ4v) is 2.77. The number of rotatable bonds is 4. The zero-order valence-electron chi connectivity index (χ0n) is 9.39. The molecule has 0 bridgehead atoms. The minimum Gasteiger partial charge on any atom is -0.384 e. The van der Waals surface area contributed by atoms with E-state index in [1.807, 2.05) is 6.20 Å². The van der Waals surface area contributed by atoms with Gasteiger partial charge in [0.1, 0.15) is 0 Å². The molecule has 1 aliphatic rings. The highest BCUT2D eigenvalue weighted by Crippen LogP contribution is 2.22. The van der Waals surface area contributed by atoms with Gasteiger partial charge in [-0.2, -0.15) is 0 Å². The van der Waals surface area contributed by atoms with Crippen molar-refractivity contribution in [1.82, 2.24) is 9.88 Å². The lowest BCUT2D eigenvalue weighted by Gasteiger charge is -2.14. The summed E-state index contributed by atoms with van der Waals surface area (Å²) in [5, 5.41) is 0.664. The van der Waals surface area contributed by atoms with E-state index in [1.54, 1.807) is 18.4 Å². The number of anilines is 1. The first kappa shape index (κ1) is 13.7. The van der Waals surface area contributed by atoms with Crippen molar-refractivity contribution < 1.29 is 4.74 Å². The Kier molecular flexibility index (Phi) is 5.48. The van der Waals surface area contributed by atoms with Crippen LogP contribution in [0.5, 0.6) is 0 Å². The molecule has 1 saturated heterocycles. The topological polar surface area (TPSA) is 51.4 Å². The summed E-state index contributed by atoms with van der Waals surface area (Å²) in [6.45, 7) is 4.15. The van der Waals surface area contributed by atoms with Crippen LogP contribution in [0.4, 0.5) is 5.13 Å². The normalized spacial score (nSPS) is 20.9. The van der Waals surface area contributed by atoms with Gasteiger partial charge in [0.15, 0.2) is 5.13 Å². The molecule has 1 atom stereocenters. The Labute approximate surface area is 106 Å². The van der Waals surface area contributed by atoms with Gasteiger partial charge >= 0.3 is 0 Å². The Hall–Kier alpha value is -0.360. The van der Waals surface area contributed by atoms with E-state index < -0.39 is 0 Å². The molecule has 1 aliphatic heterocycles. The van der Waals surface area contributed by atoms with Crippen LogP contribution >= 0.6 is 23.7 Å². The quantitative estimate of drug-likeness (QED) is 0.897. The van der Waals surface area contributed by atoms with Crippen molar-refractivity contribution in [2.45, 2.75) is 13.0 Å². The van der Waals surface area contributed by atoms with Gasteiger partial charge in [-0.05, 0) is 18.9 Å². The number of ether oxygens (including phenoxy) is 1. The smallest absolute Gasteiger partial charge is 0.180 e. The first-order valence-electron chi connectivity index (χ1n) is 5.19. The van der Waals surface area contributed by atoms with Crippen LogP contribution in [0, 0.1) is 5.92 Å². The monoisotopic (exact) mass is 263 g/mol. The summed E-state index contributed by atoms with van der Waals surface area (Å²) in [7, 11) is 1.77. The van der Waals surface area contributed by atoms with E-state index >= 15 is 0 Å². The number of aromatic nitrogens is 1. The summed E-state index contributed by atoms with van der Waals surface area (Å²) in [5.41, 5.74) is 5.60. The Morgan fingerprint density at radius 1 is 1.69 bits per heavy atom. The average Bonchev–Trinajstić information content (AvgIpc) is 2.78. The Morgan fingerprint density at radius 2 is 2.50 bits per heavy atom. The highest BCUT2D eigenvalue weighted by molar-refractivity contribution is 7.15. The summed E-state index contributed by atoms with van der Waals surface area (Å²) in [6.07, 6.45) is 3.12.